The molecule has 3 heterocycles. The van der Waals surface area contributed by atoms with Gasteiger partial charge < -0.3 is 20.0 Å². The quantitative estimate of drug-likeness (QED) is 0.243. The largest absolute Gasteiger partial charge is 0.355 e. The van der Waals surface area contributed by atoms with Crippen molar-refractivity contribution in [3.8, 4) is 0 Å². The van der Waals surface area contributed by atoms with Crippen LogP contribution < -0.4 is 10.2 Å². The lowest BCUT2D eigenvalue weighted by molar-refractivity contribution is -0.133. The Morgan fingerprint density at radius 3 is 2.73 bits per heavy atom. The van der Waals surface area contributed by atoms with Gasteiger partial charge in [-0.25, -0.2) is 9.97 Å². The number of aromatic nitrogens is 2. The summed E-state index contributed by atoms with van der Waals surface area (Å²) in [7, 11) is 0. The molecule has 1 aromatic rings. The van der Waals surface area contributed by atoms with Crippen LogP contribution in [-0.4, -0.2) is 88.7 Å². The normalized spacial score (nSPS) is 21.8. The predicted molar refractivity (Wildman–Crippen MR) is 134 cm³/mol. The van der Waals surface area contributed by atoms with E-state index in [4.69, 9.17) is 11.6 Å². The lowest BCUT2D eigenvalue weighted by Gasteiger charge is -2.40. The molecule has 0 aromatic carbocycles. The molecular formula is C23H37ClN6O2S. The molecule has 2 atom stereocenters. The van der Waals surface area contributed by atoms with Gasteiger partial charge in [0, 0.05) is 57.3 Å². The van der Waals surface area contributed by atoms with Crippen molar-refractivity contribution >= 4 is 41.0 Å². The van der Waals surface area contributed by atoms with Crippen LogP contribution in [0.1, 0.15) is 52.9 Å². The van der Waals surface area contributed by atoms with Crippen LogP contribution in [0.2, 0.25) is 5.15 Å². The maximum atomic E-state index is 12.3. The smallest absolute Gasteiger partial charge is 0.230 e. The maximum absolute atomic E-state index is 12.3. The Labute approximate surface area is 206 Å². The average Bonchev–Trinajstić information content (AvgIpc) is 2.80. The fourth-order valence-corrected chi connectivity index (χ4v) is 5.44. The summed E-state index contributed by atoms with van der Waals surface area (Å²) in [5.41, 5.74) is 0. The summed E-state index contributed by atoms with van der Waals surface area (Å²) in [4.78, 5) is 39.8. The zero-order chi connectivity index (χ0) is 23.8. The van der Waals surface area contributed by atoms with E-state index in [9.17, 15) is 9.59 Å². The fraction of sp³-hybridized carbons (Fsp3) is 0.739. The molecule has 2 saturated heterocycles. The Kier molecular flexibility index (Phi) is 10.1. The van der Waals surface area contributed by atoms with E-state index in [1.54, 1.807) is 6.07 Å². The number of likely N-dealkylation sites (tertiary alicyclic amines) is 1. The zero-order valence-corrected chi connectivity index (χ0v) is 21.6. The summed E-state index contributed by atoms with van der Waals surface area (Å²) in [6.07, 6.45) is 5.36. The van der Waals surface area contributed by atoms with Gasteiger partial charge in [-0.05, 0) is 39.7 Å². The van der Waals surface area contributed by atoms with E-state index in [0.29, 0.717) is 49.0 Å². The first kappa shape index (κ1) is 26.0. The third kappa shape index (κ3) is 7.72. The van der Waals surface area contributed by atoms with E-state index in [1.807, 2.05) is 11.8 Å². The Balaban J connectivity index is 1.44. The molecule has 2 unspecified atom stereocenters. The van der Waals surface area contributed by atoms with Crippen molar-refractivity contribution in [3.63, 3.8) is 0 Å². The Morgan fingerprint density at radius 1 is 1.18 bits per heavy atom. The number of hydrogen-bond acceptors (Lipinski definition) is 7. The third-order valence-corrected chi connectivity index (χ3v) is 7.49. The average molecular weight is 497 g/mol. The topological polar surface area (TPSA) is 81.7 Å². The second kappa shape index (κ2) is 12.8. The van der Waals surface area contributed by atoms with E-state index in [1.165, 1.54) is 37.6 Å². The van der Waals surface area contributed by atoms with Crippen molar-refractivity contribution in [1.82, 2.24) is 25.1 Å². The fourth-order valence-electron chi connectivity index (χ4n) is 4.53. The first-order valence-electron chi connectivity index (χ1n) is 12.1. The predicted octanol–water partition coefficient (Wildman–Crippen LogP) is 3.05. The van der Waals surface area contributed by atoms with Gasteiger partial charge in [-0.1, -0.05) is 36.7 Å². The maximum Gasteiger partial charge on any atom is 0.230 e. The van der Waals surface area contributed by atoms with Gasteiger partial charge >= 0.3 is 0 Å². The minimum Gasteiger partial charge on any atom is -0.355 e. The number of carbonyl (C=O) groups excluding carboxylic acids is 2. The molecule has 0 saturated carbocycles. The van der Waals surface area contributed by atoms with Crippen molar-refractivity contribution < 1.29 is 9.59 Å². The highest BCUT2D eigenvalue weighted by Crippen LogP contribution is 2.24. The molecule has 2 aliphatic rings. The molecule has 10 heteroatoms. The lowest BCUT2D eigenvalue weighted by Crippen LogP contribution is -2.54. The molecule has 0 radical (unpaired) electrons. The van der Waals surface area contributed by atoms with E-state index in [0.717, 1.165) is 18.8 Å². The minimum atomic E-state index is -0.0165. The van der Waals surface area contributed by atoms with Crippen molar-refractivity contribution in [2.24, 2.45) is 0 Å². The molecule has 0 bridgehead atoms. The number of halogens is 1. The highest BCUT2D eigenvalue weighted by molar-refractivity contribution is 7.99. The van der Waals surface area contributed by atoms with Gasteiger partial charge in [-0.2, -0.15) is 0 Å². The molecule has 33 heavy (non-hydrogen) atoms. The SMILES string of the molecule is CCC(=O)N1CCN(c2cc(Cl)nc(SCC(=O)NCCCN3CCCCC3C)n2)CC1C. The Bertz CT molecular complexity index is 813. The van der Waals surface area contributed by atoms with Gasteiger partial charge in [0.05, 0.1) is 5.75 Å². The van der Waals surface area contributed by atoms with Gasteiger partial charge in [0.1, 0.15) is 11.0 Å². The first-order valence-corrected chi connectivity index (χ1v) is 13.5. The highest BCUT2D eigenvalue weighted by atomic mass is 35.5. The number of anilines is 1. The van der Waals surface area contributed by atoms with Crippen LogP contribution in [0, 0.1) is 0 Å². The molecule has 2 amide bonds. The van der Waals surface area contributed by atoms with Gasteiger partial charge in [0.15, 0.2) is 5.16 Å². The summed E-state index contributed by atoms with van der Waals surface area (Å²) in [5, 5.41) is 3.86. The summed E-state index contributed by atoms with van der Waals surface area (Å²) >= 11 is 7.55. The number of carbonyl (C=O) groups is 2. The Hall–Kier alpha value is -1.58. The molecule has 0 aliphatic carbocycles. The standard InChI is InChI=1S/C23H37ClN6O2S/c1-4-22(32)30-13-12-29(15-18(30)3)20-14-19(24)26-23(27-20)33-16-21(31)25-9-7-11-28-10-6-5-8-17(28)2/h14,17-18H,4-13,15-16H2,1-3H3,(H,25,31). The number of nitrogens with one attached hydrogen (secondary N) is 1. The number of piperazine rings is 1. The molecule has 1 aromatic heterocycles. The summed E-state index contributed by atoms with van der Waals surface area (Å²) in [6.45, 7) is 11.2. The van der Waals surface area contributed by atoms with Crippen LogP contribution in [0.4, 0.5) is 5.82 Å². The molecule has 2 fully saturated rings. The minimum absolute atomic E-state index is 0.0165. The van der Waals surface area contributed by atoms with Crippen LogP contribution in [0.3, 0.4) is 0 Å². The molecule has 8 nitrogen and oxygen atoms in total. The highest BCUT2D eigenvalue weighted by Gasteiger charge is 2.27. The van der Waals surface area contributed by atoms with E-state index in [-0.39, 0.29) is 23.6 Å². The molecular weight excluding hydrogens is 460 g/mol. The van der Waals surface area contributed by atoms with Crippen LogP contribution in [-0.2, 0) is 9.59 Å². The monoisotopic (exact) mass is 496 g/mol. The van der Waals surface area contributed by atoms with Crippen molar-refractivity contribution in [2.45, 2.75) is 70.1 Å². The van der Waals surface area contributed by atoms with E-state index < -0.39 is 0 Å². The van der Waals surface area contributed by atoms with Gasteiger partial charge in [-0.15, -0.1) is 0 Å². The lowest BCUT2D eigenvalue weighted by atomic mass is 10.0. The number of piperidine rings is 1. The number of nitrogens with zero attached hydrogens (tertiary/aromatic N) is 5. The van der Waals surface area contributed by atoms with Crippen LogP contribution >= 0.6 is 23.4 Å². The van der Waals surface area contributed by atoms with E-state index >= 15 is 0 Å². The number of thioether (sulfide) groups is 1. The molecule has 184 valence electrons. The summed E-state index contributed by atoms with van der Waals surface area (Å²) in [5.74, 6) is 1.16. The summed E-state index contributed by atoms with van der Waals surface area (Å²) < 4.78 is 0. The number of amides is 2. The molecule has 0 spiro atoms. The van der Waals surface area contributed by atoms with Crippen LogP contribution in [0.25, 0.3) is 0 Å². The first-order chi connectivity index (χ1) is 15.9. The van der Waals surface area contributed by atoms with Crippen molar-refractivity contribution in [1.29, 1.82) is 0 Å². The van der Waals surface area contributed by atoms with Gasteiger partial charge in [0.2, 0.25) is 11.8 Å². The van der Waals surface area contributed by atoms with Crippen molar-refractivity contribution in [2.75, 3.05) is 49.9 Å². The van der Waals surface area contributed by atoms with E-state index in [2.05, 4.69) is 38.9 Å². The third-order valence-electron chi connectivity index (χ3n) is 6.45. The second-order valence-electron chi connectivity index (χ2n) is 8.94. The molecule has 1 N–H and O–H groups in total. The van der Waals surface area contributed by atoms with Gasteiger partial charge in [-0.3, -0.25) is 9.59 Å². The molecule has 3 rings (SSSR count). The van der Waals surface area contributed by atoms with Gasteiger partial charge in [0.25, 0.3) is 0 Å². The molecule has 2 aliphatic heterocycles. The number of rotatable bonds is 9. The summed E-state index contributed by atoms with van der Waals surface area (Å²) in [6, 6.07) is 2.50. The number of hydrogen-bond donors (Lipinski definition) is 1. The zero-order valence-electron chi connectivity index (χ0n) is 20.1. The van der Waals surface area contributed by atoms with Crippen molar-refractivity contribution in [3.05, 3.63) is 11.2 Å². The Morgan fingerprint density at radius 2 is 2.00 bits per heavy atom. The van der Waals surface area contributed by atoms with Crippen LogP contribution in [0.15, 0.2) is 11.2 Å². The second-order valence-corrected chi connectivity index (χ2v) is 10.3. The van der Waals surface area contributed by atoms with Crippen LogP contribution in [0.5, 0.6) is 0 Å².